The van der Waals surface area contributed by atoms with Crippen LogP contribution in [0.3, 0.4) is 0 Å². The summed E-state index contributed by atoms with van der Waals surface area (Å²) in [6, 6.07) is 10.0. The lowest BCUT2D eigenvalue weighted by Crippen LogP contribution is -2.00. The zero-order chi connectivity index (χ0) is 15.1. The number of phenols is 1. The lowest BCUT2D eigenvalue weighted by atomic mass is 10.0. The first-order chi connectivity index (χ1) is 9.95. The average Bonchev–Trinajstić information content (AvgIpc) is 2.44. The van der Waals surface area contributed by atoms with Crippen LogP contribution in [0.15, 0.2) is 45.6 Å². The predicted octanol–water partition coefficient (Wildman–Crippen LogP) is 4.44. The zero-order valence-corrected chi connectivity index (χ0v) is 12.4. The number of aromatic hydroxyl groups is 1. The number of hydrogen-bond acceptors (Lipinski definition) is 3. The van der Waals surface area contributed by atoms with E-state index in [4.69, 9.17) is 16.0 Å². The van der Waals surface area contributed by atoms with Crippen LogP contribution in [0, 0.1) is 13.8 Å². The van der Waals surface area contributed by atoms with Crippen LogP contribution in [0.4, 0.5) is 0 Å². The van der Waals surface area contributed by atoms with E-state index in [0.29, 0.717) is 21.8 Å². The molecule has 0 saturated heterocycles. The molecule has 2 aromatic carbocycles. The van der Waals surface area contributed by atoms with Crippen LogP contribution in [-0.2, 0) is 0 Å². The Morgan fingerprint density at radius 2 is 1.71 bits per heavy atom. The minimum Gasteiger partial charge on any atom is -0.507 e. The van der Waals surface area contributed by atoms with Gasteiger partial charge in [-0.15, -0.1) is 0 Å². The van der Waals surface area contributed by atoms with Crippen molar-refractivity contribution in [2.75, 3.05) is 0 Å². The summed E-state index contributed by atoms with van der Waals surface area (Å²) in [7, 11) is 0. The third-order valence-corrected chi connectivity index (χ3v) is 3.70. The Labute approximate surface area is 126 Å². The molecule has 1 aromatic heterocycles. The minimum absolute atomic E-state index is 0.142. The SMILES string of the molecule is Cc1cc(-c2cc(=O)c3cc(Cl)ccc3o2)cc(C)c1O. The Morgan fingerprint density at radius 1 is 1.05 bits per heavy atom. The summed E-state index contributed by atoms with van der Waals surface area (Å²) in [6.07, 6.45) is 0. The van der Waals surface area contributed by atoms with E-state index in [1.165, 1.54) is 6.07 Å². The van der Waals surface area contributed by atoms with E-state index in [9.17, 15) is 9.90 Å². The normalized spacial score (nSPS) is 11.0. The number of aryl methyl sites for hydroxylation is 2. The number of hydrogen-bond donors (Lipinski definition) is 1. The van der Waals surface area contributed by atoms with Crippen LogP contribution in [0.5, 0.6) is 5.75 Å². The van der Waals surface area contributed by atoms with Gasteiger partial charge in [0.25, 0.3) is 0 Å². The second kappa shape index (κ2) is 4.93. The molecule has 0 bridgehead atoms. The molecule has 0 radical (unpaired) electrons. The highest BCUT2D eigenvalue weighted by Gasteiger charge is 2.10. The Bertz CT molecular complexity index is 887. The van der Waals surface area contributed by atoms with Crippen molar-refractivity contribution >= 4 is 22.6 Å². The van der Waals surface area contributed by atoms with Gasteiger partial charge in [0, 0.05) is 16.7 Å². The molecule has 106 valence electrons. The van der Waals surface area contributed by atoms with Gasteiger partial charge in [-0.3, -0.25) is 4.79 Å². The van der Waals surface area contributed by atoms with Crippen molar-refractivity contribution in [2.24, 2.45) is 0 Å². The van der Waals surface area contributed by atoms with Gasteiger partial charge in [-0.2, -0.15) is 0 Å². The number of phenolic OH excluding ortho intramolecular Hbond substituents is 1. The Balaban J connectivity index is 2.27. The molecule has 0 atom stereocenters. The minimum atomic E-state index is -0.142. The highest BCUT2D eigenvalue weighted by Crippen LogP contribution is 2.30. The van der Waals surface area contributed by atoms with Crippen molar-refractivity contribution in [3.63, 3.8) is 0 Å². The van der Waals surface area contributed by atoms with E-state index < -0.39 is 0 Å². The predicted molar refractivity (Wildman–Crippen MR) is 84.1 cm³/mol. The molecule has 0 aliphatic carbocycles. The van der Waals surface area contributed by atoms with Crippen molar-refractivity contribution in [1.29, 1.82) is 0 Å². The molecule has 1 N–H and O–H groups in total. The first-order valence-electron chi connectivity index (χ1n) is 6.50. The fraction of sp³-hybridized carbons (Fsp3) is 0.118. The molecular formula is C17H13ClO3. The molecule has 4 heteroatoms. The number of fused-ring (bicyclic) bond motifs is 1. The number of halogens is 1. The molecule has 1 heterocycles. The molecule has 0 aliphatic rings. The van der Waals surface area contributed by atoms with Crippen LogP contribution in [0.2, 0.25) is 5.02 Å². The van der Waals surface area contributed by atoms with Crippen LogP contribution in [0.1, 0.15) is 11.1 Å². The molecule has 3 nitrogen and oxygen atoms in total. The molecular weight excluding hydrogens is 288 g/mol. The maximum absolute atomic E-state index is 12.2. The van der Waals surface area contributed by atoms with Crippen molar-refractivity contribution in [3.05, 3.63) is 62.8 Å². The average molecular weight is 301 g/mol. The first kappa shape index (κ1) is 13.7. The smallest absolute Gasteiger partial charge is 0.193 e. The van der Waals surface area contributed by atoms with Crippen molar-refractivity contribution in [2.45, 2.75) is 13.8 Å². The van der Waals surface area contributed by atoms with Crippen molar-refractivity contribution in [1.82, 2.24) is 0 Å². The van der Waals surface area contributed by atoms with E-state index in [1.807, 2.05) is 13.8 Å². The Morgan fingerprint density at radius 3 is 2.38 bits per heavy atom. The fourth-order valence-corrected chi connectivity index (χ4v) is 2.54. The Kier molecular flexibility index (Phi) is 3.22. The highest BCUT2D eigenvalue weighted by molar-refractivity contribution is 6.31. The molecule has 0 spiro atoms. The summed E-state index contributed by atoms with van der Waals surface area (Å²) in [5.74, 6) is 0.731. The molecule has 3 rings (SSSR count). The van der Waals surface area contributed by atoms with Crippen LogP contribution < -0.4 is 5.43 Å². The lowest BCUT2D eigenvalue weighted by molar-refractivity contribution is 0.467. The highest BCUT2D eigenvalue weighted by atomic mass is 35.5. The molecule has 0 fully saturated rings. The van der Waals surface area contributed by atoms with E-state index >= 15 is 0 Å². The second-order valence-corrected chi connectivity index (χ2v) is 5.51. The van der Waals surface area contributed by atoms with Crippen molar-refractivity contribution < 1.29 is 9.52 Å². The summed E-state index contributed by atoms with van der Waals surface area (Å²) in [5.41, 5.74) is 2.59. The van der Waals surface area contributed by atoms with Gasteiger partial charge in [-0.05, 0) is 55.3 Å². The van der Waals surface area contributed by atoms with Crippen LogP contribution in [-0.4, -0.2) is 5.11 Å². The third kappa shape index (κ3) is 2.41. The quantitative estimate of drug-likeness (QED) is 0.723. The van der Waals surface area contributed by atoms with E-state index in [0.717, 1.165) is 16.7 Å². The summed E-state index contributed by atoms with van der Waals surface area (Å²) in [6.45, 7) is 3.62. The fourth-order valence-electron chi connectivity index (χ4n) is 2.37. The number of benzene rings is 2. The van der Waals surface area contributed by atoms with Gasteiger partial charge in [0.15, 0.2) is 5.43 Å². The van der Waals surface area contributed by atoms with Gasteiger partial charge in [0.05, 0.1) is 5.39 Å². The molecule has 21 heavy (non-hydrogen) atoms. The van der Waals surface area contributed by atoms with Gasteiger partial charge >= 0.3 is 0 Å². The first-order valence-corrected chi connectivity index (χ1v) is 6.87. The standard InChI is InChI=1S/C17H13ClO3/c1-9-5-11(6-10(2)17(9)20)16-8-14(19)13-7-12(18)3-4-15(13)21-16/h3-8,20H,1-2H3. The third-order valence-electron chi connectivity index (χ3n) is 3.46. The zero-order valence-electron chi connectivity index (χ0n) is 11.6. The molecule has 0 amide bonds. The summed E-state index contributed by atoms with van der Waals surface area (Å²) < 4.78 is 5.79. The molecule has 0 unspecified atom stereocenters. The van der Waals surface area contributed by atoms with Gasteiger partial charge in [0.2, 0.25) is 0 Å². The number of rotatable bonds is 1. The molecule has 3 aromatic rings. The maximum Gasteiger partial charge on any atom is 0.193 e. The maximum atomic E-state index is 12.2. The molecule has 0 saturated carbocycles. The summed E-state index contributed by atoms with van der Waals surface area (Å²) in [4.78, 5) is 12.2. The second-order valence-electron chi connectivity index (χ2n) is 5.07. The van der Waals surface area contributed by atoms with Crippen molar-refractivity contribution in [3.8, 4) is 17.1 Å². The van der Waals surface area contributed by atoms with E-state index in [1.54, 1.807) is 30.3 Å². The van der Waals surface area contributed by atoms with Gasteiger partial charge < -0.3 is 9.52 Å². The summed E-state index contributed by atoms with van der Waals surface area (Å²) in [5, 5.41) is 10.8. The largest absolute Gasteiger partial charge is 0.507 e. The van der Waals surface area contributed by atoms with E-state index in [-0.39, 0.29) is 11.2 Å². The van der Waals surface area contributed by atoms with Crippen LogP contribution >= 0.6 is 11.6 Å². The topological polar surface area (TPSA) is 50.4 Å². The van der Waals surface area contributed by atoms with Gasteiger partial charge in [-0.25, -0.2) is 0 Å². The van der Waals surface area contributed by atoms with Gasteiger partial charge in [-0.1, -0.05) is 11.6 Å². The Hall–Kier alpha value is -2.26. The van der Waals surface area contributed by atoms with Gasteiger partial charge in [0.1, 0.15) is 17.1 Å². The van der Waals surface area contributed by atoms with Crippen LogP contribution in [0.25, 0.3) is 22.3 Å². The summed E-state index contributed by atoms with van der Waals surface area (Å²) >= 11 is 5.90. The van der Waals surface area contributed by atoms with E-state index in [2.05, 4.69) is 0 Å². The lowest BCUT2D eigenvalue weighted by Gasteiger charge is -2.08. The molecule has 0 aliphatic heterocycles. The monoisotopic (exact) mass is 300 g/mol.